The summed E-state index contributed by atoms with van der Waals surface area (Å²) >= 11 is 0. The Morgan fingerprint density at radius 1 is 1.53 bits per heavy atom. The van der Waals surface area contributed by atoms with Gasteiger partial charge in [-0.2, -0.15) is 0 Å². The van der Waals surface area contributed by atoms with E-state index in [1.165, 1.54) is 0 Å². The molecule has 2 N–H and O–H groups in total. The molecule has 2 aliphatic heterocycles. The Balaban J connectivity index is 2.05. The number of carbonyl (C=O) groups is 1. The zero-order valence-electron chi connectivity index (χ0n) is 10.7. The quantitative estimate of drug-likeness (QED) is 0.770. The van der Waals surface area contributed by atoms with E-state index < -0.39 is 0 Å². The zero-order valence-corrected chi connectivity index (χ0v) is 10.7. The first-order valence-corrected chi connectivity index (χ1v) is 6.90. The van der Waals surface area contributed by atoms with Gasteiger partial charge in [0.25, 0.3) is 0 Å². The van der Waals surface area contributed by atoms with Crippen LogP contribution in [0, 0.1) is 0 Å². The second-order valence-corrected chi connectivity index (χ2v) is 5.41. The number of amides is 1. The maximum atomic E-state index is 12.6. The standard InChI is InChI=1S/C13H24N2O2/c1-2-6-13(7-4-8-14-13)12(17)15-9-3-5-11(16)10-15/h11,14,16H,2-10H2,1H3/t11-,13?/m0/s1. The van der Waals surface area contributed by atoms with Gasteiger partial charge in [0, 0.05) is 13.1 Å². The normalized spacial score (nSPS) is 34.0. The van der Waals surface area contributed by atoms with E-state index in [9.17, 15) is 9.90 Å². The van der Waals surface area contributed by atoms with E-state index in [2.05, 4.69) is 12.2 Å². The number of aliphatic hydroxyl groups excluding tert-OH is 1. The third kappa shape index (κ3) is 2.63. The lowest BCUT2D eigenvalue weighted by Crippen LogP contribution is -2.57. The SMILES string of the molecule is CCCC1(C(=O)N2CCC[C@H](O)C2)CCCN1. The molecule has 0 spiro atoms. The minimum atomic E-state index is -0.328. The number of rotatable bonds is 3. The Labute approximate surface area is 103 Å². The van der Waals surface area contributed by atoms with Crippen molar-refractivity contribution >= 4 is 5.91 Å². The number of piperidine rings is 1. The first-order valence-electron chi connectivity index (χ1n) is 6.90. The summed E-state index contributed by atoms with van der Waals surface area (Å²) < 4.78 is 0. The fourth-order valence-corrected chi connectivity index (χ4v) is 3.18. The first-order chi connectivity index (χ1) is 8.18. The van der Waals surface area contributed by atoms with Crippen LogP contribution < -0.4 is 5.32 Å². The topological polar surface area (TPSA) is 52.6 Å². The van der Waals surface area contributed by atoms with Crippen LogP contribution in [-0.2, 0) is 4.79 Å². The molecule has 2 atom stereocenters. The molecule has 0 saturated carbocycles. The van der Waals surface area contributed by atoms with Crippen LogP contribution in [0.5, 0.6) is 0 Å². The number of nitrogens with zero attached hydrogens (tertiary/aromatic N) is 1. The first kappa shape index (κ1) is 12.8. The third-order valence-electron chi connectivity index (χ3n) is 4.01. The molecular weight excluding hydrogens is 216 g/mol. The molecule has 0 bridgehead atoms. The van der Waals surface area contributed by atoms with Gasteiger partial charge < -0.3 is 15.3 Å². The number of nitrogens with one attached hydrogen (secondary N) is 1. The molecule has 4 nitrogen and oxygen atoms in total. The predicted octanol–water partition coefficient (Wildman–Crippen LogP) is 0.892. The number of hydrogen-bond donors (Lipinski definition) is 2. The van der Waals surface area contributed by atoms with Crippen molar-refractivity contribution in [2.24, 2.45) is 0 Å². The van der Waals surface area contributed by atoms with Gasteiger partial charge >= 0.3 is 0 Å². The van der Waals surface area contributed by atoms with E-state index in [-0.39, 0.29) is 17.6 Å². The molecule has 1 unspecified atom stereocenters. The van der Waals surface area contributed by atoms with Crippen molar-refractivity contribution in [3.8, 4) is 0 Å². The maximum Gasteiger partial charge on any atom is 0.242 e. The second-order valence-electron chi connectivity index (χ2n) is 5.41. The Hall–Kier alpha value is -0.610. The average molecular weight is 240 g/mol. The lowest BCUT2D eigenvalue weighted by atomic mass is 9.89. The largest absolute Gasteiger partial charge is 0.391 e. The number of hydrogen-bond acceptors (Lipinski definition) is 3. The molecule has 4 heteroatoms. The van der Waals surface area contributed by atoms with Crippen molar-refractivity contribution in [1.82, 2.24) is 10.2 Å². The van der Waals surface area contributed by atoms with Crippen molar-refractivity contribution in [2.75, 3.05) is 19.6 Å². The number of carbonyl (C=O) groups excluding carboxylic acids is 1. The third-order valence-corrected chi connectivity index (χ3v) is 4.01. The molecule has 0 aromatic carbocycles. The molecule has 0 aromatic heterocycles. The molecule has 2 fully saturated rings. The molecule has 2 saturated heterocycles. The molecule has 2 aliphatic rings. The highest BCUT2D eigenvalue weighted by atomic mass is 16.3. The van der Waals surface area contributed by atoms with Crippen molar-refractivity contribution in [3.05, 3.63) is 0 Å². The molecule has 2 heterocycles. The minimum absolute atomic E-state index is 0.218. The highest BCUT2D eigenvalue weighted by Crippen LogP contribution is 2.28. The predicted molar refractivity (Wildman–Crippen MR) is 66.7 cm³/mol. The van der Waals surface area contributed by atoms with Gasteiger partial charge in [-0.15, -0.1) is 0 Å². The van der Waals surface area contributed by atoms with Crippen LogP contribution in [0.2, 0.25) is 0 Å². The Morgan fingerprint density at radius 2 is 2.35 bits per heavy atom. The van der Waals surface area contributed by atoms with Gasteiger partial charge in [0.05, 0.1) is 11.6 Å². The van der Waals surface area contributed by atoms with Gasteiger partial charge in [-0.3, -0.25) is 4.79 Å². The molecule has 17 heavy (non-hydrogen) atoms. The van der Waals surface area contributed by atoms with Gasteiger partial charge in [0.2, 0.25) is 5.91 Å². The van der Waals surface area contributed by atoms with Crippen LogP contribution in [0.4, 0.5) is 0 Å². The molecule has 0 aliphatic carbocycles. The summed E-state index contributed by atoms with van der Waals surface area (Å²) in [7, 11) is 0. The monoisotopic (exact) mass is 240 g/mol. The highest BCUT2D eigenvalue weighted by Gasteiger charge is 2.43. The fourth-order valence-electron chi connectivity index (χ4n) is 3.18. The van der Waals surface area contributed by atoms with E-state index in [1.807, 2.05) is 4.90 Å². The number of β-amino-alcohol motifs (C(OH)–C–C–N with tert-alkyl or cyclic N) is 1. The van der Waals surface area contributed by atoms with Crippen molar-refractivity contribution in [1.29, 1.82) is 0 Å². The zero-order chi connectivity index (χ0) is 12.3. The van der Waals surface area contributed by atoms with Crippen molar-refractivity contribution in [2.45, 2.75) is 57.1 Å². The molecule has 0 radical (unpaired) electrons. The van der Waals surface area contributed by atoms with E-state index in [0.29, 0.717) is 6.54 Å². The van der Waals surface area contributed by atoms with Crippen molar-refractivity contribution < 1.29 is 9.90 Å². The lowest BCUT2D eigenvalue weighted by Gasteiger charge is -2.38. The van der Waals surface area contributed by atoms with Crippen LogP contribution in [0.15, 0.2) is 0 Å². The highest BCUT2D eigenvalue weighted by molar-refractivity contribution is 5.87. The second kappa shape index (κ2) is 5.36. The summed E-state index contributed by atoms with van der Waals surface area (Å²) in [5.41, 5.74) is -0.328. The minimum Gasteiger partial charge on any atom is -0.391 e. The van der Waals surface area contributed by atoms with Gasteiger partial charge in [-0.05, 0) is 38.6 Å². The Morgan fingerprint density at radius 3 is 2.94 bits per heavy atom. The molecule has 1 amide bonds. The van der Waals surface area contributed by atoms with E-state index >= 15 is 0 Å². The number of likely N-dealkylation sites (tertiary alicyclic amines) is 1. The molecule has 2 rings (SSSR count). The van der Waals surface area contributed by atoms with E-state index in [0.717, 1.165) is 51.6 Å². The Bertz CT molecular complexity index is 275. The van der Waals surface area contributed by atoms with Gasteiger partial charge in [-0.25, -0.2) is 0 Å². The summed E-state index contributed by atoms with van der Waals surface area (Å²) in [5, 5.41) is 13.1. The van der Waals surface area contributed by atoms with Crippen LogP contribution in [0.3, 0.4) is 0 Å². The van der Waals surface area contributed by atoms with E-state index in [4.69, 9.17) is 0 Å². The molecule has 0 aromatic rings. The van der Waals surface area contributed by atoms with Crippen LogP contribution >= 0.6 is 0 Å². The lowest BCUT2D eigenvalue weighted by molar-refractivity contribution is -0.141. The summed E-state index contributed by atoms with van der Waals surface area (Å²) in [4.78, 5) is 14.5. The van der Waals surface area contributed by atoms with Gasteiger partial charge in [0.1, 0.15) is 0 Å². The Kier molecular flexibility index (Phi) is 4.05. The van der Waals surface area contributed by atoms with E-state index in [1.54, 1.807) is 0 Å². The van der Waals surface area contributed by atoms with Crippen LogP contribution in [0.1, 0.15) is 45.4 Å². The molecular formula is C13H24N2O2. The summed E-state index contributed by atoms with van der Waals surface area (Å²) in [5.74, 6) is 0.218. The average Bonchev–Trinajstić information content (AvgIpc) is 2.78. The van der Waals surface area contributed by atoms with Crippen LogP contribution in [-0.4, -0.2) is 47.2 Å². The van der Waals surface area contributed by atoms with Gasteiger partial charge in [0.15, 0.2) is 0 Å². The fraction of sp³-hybridized carbons (Fsp3) is 0.923. The summed E-state index contributed by atoms with van der Waals surface area (Å²) in [6.07, 6.45) is 5.41. The van der Waals surface area contributed by atoms with Crippen LogP contribution in [0.25, 0.3) is 0 Å². The smallest absolute Gasteiger partial charge is 0.242 e. The summed E-state index contributed by atoms with van der Waals surface area (Å²) in [6, 6.07) is 0. The van der Waals surface area contributed by atoms with Gasteiger partial charge in [-0.1, -0.05) is 13.3 Å². The van der Waals surface area contributed by atoms with Crippen molar-refractivity contribution in [3.63, 3.8) is 0 Å². The maximum absolute atomic E-state index is 12.6. The number of aliphatic hydroxyl groups is 1. The molecule has 98 valence electrons. The summed E-state index contributed by atoms with van der Waals surface area (Å²) in [6.45, 7) is 4.40.